The summed E-state index contributed by atoms with van der Waals surface area (Å²) in [6.07, 6.45) is 4.25. The fourth-order valence-electron chi connectivity index (χ4n) is 11.4. The minimum Gasteiger partial charge on any atom is -0.0613 e. The van der Waals surface area contributed by atoms with E-state index in [0.717, 1.165) is 25.7 Å². The molecule has 256 valence electrons. The number of fused-ring (bicyclic) bond motifs is 4. The Labute approximate surface area is 299 Å². The van der Waals surface area contributed by atoms with Gasteiger partial charge in [0.1, 0.15) is 0 Å². The number of benzene rings is 8. The Morgan fingerprint density at radius 3 is 0.480 bits per heavy atom. The molecule has 0 bridgehead atoms. The van der Waals surface area contributed by atoms with Gasteiger partial charge in [0.15, 0.2) is 0 Å². The average molecular weight is 657 g/mol. The molecule has 0 heteroatoms. The predicted molar refractivity (Wildman–Crippen MR) is 226 cm³/mol. The molecule has 8 aromatic carbocycles. The molecule has 0 nitrogen and oxygen atoms in total. The summed E-state index contributed by atoms with van der Waals surface area (Å²) in [6.45, 7) is 38.6. The van der Waals surface area contributed by atoms with Crippen LogP contribution in [0.5, 0.6) is 0 Å². The van der Waals surface area contributed by atoms with Gasteiger partial charge in [0.05, 0.1) is 0 Å². The fourth-order valence-corrected chi connectivity index (χ4v) is 11.4. The van der Waals surface area contributed by atoms with Crippen molar-refractivity contribution in [3.05, 3.63) is 89.0 Å². The van der Waals surface area contributed by atoms with Crippen LogP contribution >= 0.6 is 0 Å². The van der Waals surface area contributed by atoms with Gasteiger partial charge in [-0.15, -0.1) is 0 Å². The summed E-state index contributed by atoms with van der Waals surface area (Å²) in [5.41, 5.74) is 23.9. The number of aryl methyl sites for hydroxylation is 12. The molecule has 0 N–H and O–H groups in total. The first kappa shape index (κ1) is 33.3. The Morgan fingerprint density at radius 2 is 0.320 bits per heavy atom. The maximum Gasteiger partial charge on any atom is -0.000793 e. The van der Waals surface area contributed by atoms with Crippen molar-refractivity contribution in [3.8, 4) is 0 Å². The van der Waals surface area contributed by atoms with Crippen molar-refractivity contribution >= 4 is 75.4 Å². The Morgan fingerprint density at radius 1 is 0.180 bits per heavy atom. The van der Waals surface area contributed by atoms with Gasteiger partial charge in [-0.3, -0.25) is 0 Å². The van der Waals surface area contributed by atoms with E-state index in [1.165, 1.54) is 131 Å². The minimum atomic E-state index is 1.06. The molecule has 0 aliphatic rings. The summed E-state index contributed by atoms with van der Waals surface area (Å²) in [5.74, 6) is 0. The molecule has 0 unspecified atom stereocenters. The highest BCUT2D eigenvalue weighted by atomic mass is 14.3. The average Bonchev–Trinajstić information content (AvgIpc) is 3.10. The molecule has 0 atom stereocenters. The van der Waals surface area contributed by atoms with Crippen molar-refractivity contribution in [2.45, 2.75) is 136 Å². The van der Waals surface area contributed by atoms with E-state index in [1.807, 2.05) is 0 Å². The summed E-state index contributed by atoms with van der Waals surface area (Å²) < 4.78 is 0. The normalized spacial score (nSPS) is 12.7. The van der Waals surface area contributed by atoms with E-state index >= 15 is 0 Å². The van der Waals surface area contributed by atoms with Gasteiger partial charge in [-0.25, -0.2) is 0 Å². The lowest BCUT2D eigenvalue weighted by Gasteiger charge is -2.31. The summed E-state index contributed by atoms with van der Waals surface area (Å²) in [6, 6.07) is 0. The molecule has 50 heavy (non-hydrogen) atoms. The van der Waals surface area contributed by atoms with Crippen molar-refractivity contribution < 1.29 is 0 Å². The van der Waals surface area contributed by atoms with Gasteiger partial charge in [-0.2, -0.15) is 0 Å². The number of hydrogen-bond acceptors (Lipinski definition) is 0. The van der Waals surface area contributed by atoms with E-state index in [4.69, 9.17) is 0 Å². The first-order valence-corrected chi connectivity index (χ1v) is 19.5. The maximum atomic E-state index is 2.45. The van der Waals surface area contributed by atoms with Gasteiger partial charge in [-0.05, 0) is 273 Å². The highest BCUT2D eigenvalue weighted by Crippen LogP contribution is 2.56. The molecule has 0 heterocycles. The summed E-state index contributed by atoms with van der Waals surface area (Å²) in [4.78, 5) is 0. The third-order valence-corrected chi connectivity index (χ3v) is 14.6. The molecule has 0 fully saturated rings. The van der Waals surface area contributed by atoms with Crippen molar-refractivity contribution in [3.63, 3.8) is 0 Å². The number of hydrogen-bond donors (Lipinski definition) is 0. The van der Waals surface area contributed by atoms with Crippen LogP contribution in [0, 0.1) is 83.1 Å². The molecule has 0 saturated heterocycles. The van der Waals surface area contributed by atoms with E-state index < -0.39 is 0 Å². The lowest BCUT2D eigenvalue weighted by molar-refractivity contribution is 1.08. The lowest BCUT2D eigenvalue weighted by Crippen LogP contribution is -2.08. The first-order chi connectivity index (χ1) is 23.7. The van der Waals surface area contributed by atoms with Crippen LogP contribution in [0.1, 0.15) is 117 Å². The molecular weight excluding hydrogens is 601 g/mol. The molecule has 8 aromatic rings. The van der Waals surface area contributed by atoms with Crippen molar-refractivity contribution in [1.29, 1.82) is 0 Å². The fraction of sp³-hybridized carbons (Fsp3) is 0.400. The SMILES string of the molecule is CCc1c(C)c(C)c2c3c(C)c(C)c4c5c(C)c(C)c(CC)c6c(CC)c(C)c(C)c(c7c(C)c(C)c(c8c(C)c(C)c(CC)c1c28)c3c47)c65. The summed E-state index contributed by atoms with van der Waals surface area (Å²) in [7, 11) is 0. The van der Waals surface area contributed by atoms with Crippen LogP contribution in [0.2, 0.25) is 0 Å². The second-order valence-corrected chi connectivity index (χ2v) is 16.1. The molecule has 0 aliphatic heterocycles. The second-order valence-electron chi connectivity index (χ2n) is 16.1. The molecule has 0 radical (unpaired) electrons. The third kappa shape index (κ3) is 3.54. The van der Waals surface area contributed by atoms with E-state index in [2.05, 4.69) is 111 Å². The molecule has 0 amide bonds. The lowest BCUT2D eigenvalue weighted by atomic mass is 9.72. The van der Waals surface area contributed by atoms with Gasteiger partial charge < -0.3 is 0 Å². The molecule has 0 aromatic heterocycles. The molecule has 0 aliphatic carbocycles. The van der Waals surface area contributed by atoms with Crippen LogP contribution in [0.25, 0.3) is 75.4 Å². The van der Waals surface area contributed by atoms with Crippen molar-refractivity contribution in [2.75, 3.05) is 0 Å². The number of rotatable bonds is 4. The van der Waals surface area contributed by atoms with Crippen molar-refractivity contribution in [1.82, 2.24) is 0 Å². The largest absolute Gasteiger partial charge is 0.0613 e. The highest BCUT2D eigenvalue weighted by molar-refractivity contribution is 6.46. The van der Waals surface area contributed by atoms with E-state index in [0.29, 0.717) is 0 Å². The van der Waals surface area contributed by atoms with Gasteiger partial charge >= 0.3 is 0 Å². The monoisotopic (exact) mass is 656 g/mol. The topological polar surface area (TPSA) is 0 Å². The quantitative estimate of drug-likeness (QED) is 0.131. The van der Waals surface area contributed by atoms with Crippen LogP contribution in [-0.2, 0) is 25.7 Å². The molecule has 8 rings (SSSR count). The predicted octanol–water partition coefficient (Wildman–Crippen LogP) is 14.6. The smallest absolute Gasteiger partial charge is 0.000793 e. The Bertz CT molecular complexity index is 2450. The van der Waals surface area contributed by atoms with E-state index in [-0.39, 0.29) is 0 Å². The molecular formula is C50H56. The van der Waals surface area contributed by atoms with Crippen LogP contribution in [0.3, 0.4) is 0 Å². The van der Waals surface area contributed by atoms with Crippen molar-refractivity contribution in [2.24, 2.45) is 0 Å². The maximum absolute atomic E-state index is 2.45. The van der Waals surface area contributed by atoms with Crippen LogP contribution in [0.15, 0.2) is 0 Å². The van der Waals surface area contributed by atoms with E-state index in [1.54, 1.807) is 33.0 Å². The Balaban J connectivity index is 1.90. The van der Waals surface area contributed by atoms with Gasteiger partial charge in [0.25, 0.3) is 0 Å². The zero-order valence-electron chi connectivity index (χ0n) is 33.8. The zero-order valence-corrected chi connectivity index (χ0v) is 33.8. The third-order valence-electron chi connectivity index (χ3n) is 14.6. The second kappa shape index (κ2) is 10.8. The van der Waals surface area contributed by atoms with Crippen LogP contribution in [-0.4, -0.2) is 0 Å². The molecule has 0 spiro atoms. The van der Waals surface area contributed by atoms with Gasteiger partial charge in [0, 0.05) is 0 Å². The summed E-state index contributed by atoms with van der Waals surface area (Å²) in [5, 5.41) is 21.2. The molecule has 0 saturated carbocycles. The Kier molecular flexibility index (Phi) is 7.19. The van der Waals surface area contributed by atoms with Gasteiger partial charge in [-0.1, -0.05) is 27.7 Å². The van der Waals surface area contributed by atoms with Crippen LogP contribution < -0.4 is 0 Å². The van der Waals surface area contributed by atoms with Crippen LogP contribution in [0.4, 0.5) is 0 Å². The standard InChI is InChI=1S/C50H56/c1-17-33-21(5)25(9)37-41-29(13)31(15)43-39-27(11)23(7)35(19-3)46-36(20-4)24(8)28(12)40(48(39)46)44-32(16)30(14)42(49(41)50(43)44)38-26(10)22(6)34(18-2)45(33)47(37)38/h17-20H2,1-16H3. The first-order valence-electron chi connectivity index (χ1n) is 19.5. The minimum absolute atomic E-state index is 1.06. The Hall–Kier alpha value is -3.90. The van der Waals surface area contributed by atoms with Gasteiger partial charge in [0.2, 0.25) is 0 Å². The summed E-state index contributed by atoms with van der Waals surface area (Å²) >= 11 is 0. The highest BCUT2D eigenvalue weighted by Gasteiger charge is 2.31. The van der Waals surface area contributed by atoms with E-state index in [9.17, 15) is 0 Å². The zero-order chi connectivity index (χ0) is 36.1.